The van der Waals surface area contributed by atoms with Crippen molar-refractivity contribution in [3.05, 3.63) is 29.3 Å². The van der Waals surface area contributed by atoms with Crippen molar-refractivity contribution in [2.75, 3.05) is 0 Å². The number of ketones is 1. The number of fused-ring (bicyclic) bond motifs is 5. The van der Waals surface area contributed by atoms with E-state index >= 15 is 0 Å². The SMILES string of the molecule is C[C@H]1C[C@]2(C)C(=O)CCC2C2CCc3cc(O)ccc3C21. The van der Waals surface area contributed by atoms with Gasteiger partial charge in [0, 0.05) is 11.8 Å². The standard InChI is InChI=1S/C19H24O2/c1-11-10-19(2)16(7-8-17(19)21)15-5-3-12-9-13(20)4-6-14(12)18(11)15/h4,6,9,11,15-16,18,20H,3,5,7-8,10H2,1-2H3/t11-,15?,16?,18?,19-/m0/s1. The van der Waals surface area contributed by atoms with Crippen LogP contribution < -0.4 is 0 Å². The third kappa shape index (κ3) is 1.74. The molecule has 0 heterocycles. The van der Waals surface area contributed by atoms with Gasteiger partial charge in [0.15, 0.2) is 0 Å². The van der Waals surface area contributed by atoms with Crippen molar-refractivity contribution in [1.82, 2.24) is 0 Å². The van der Waals surface area contributed by atoms with Gasteiger partial charge >= 0.3 is 0 Å². The summed E-state index contributed by atoms with van der Waals surface area (Å²) >= 11 is 0. The van der Waals surface area contributed by atoms with Crippen LogP contribution in [0, 0.1) is 23.2 Å². The zero-order valence-electron chi connectivity index (χ0n) is 12.9. The summed E-state index contributed by atoms with van der Waals surface area (Å²) in [5, 5.41) is 9.73. The van der Waals surface area contributed by atoms with Gasteiger partial charge < -0.3 is 5.11 Å². The maximum absolute atomic E-state index is 12.4. The number of benzene rings is 1. The minimum Gasteiger partial charge on any atom is -0.508 e. The molecule has 5 atom stereocenters. The second kappa shape index (κ2) is 4.34. The minimum absolute atomic E-state index is 0.0605. The van der Waals surface area contributed by atoms with E-state index in [1.807, 2.05) is 12.1 Å². The Morgan fingerprint density at radius 3 is 2.86 bits per heavy atom. The molecule has 0 bridgehead atoms. The largest absolute Gasteiger partial charge is 0.508 e. The van der Waals surface area contributed by atoms with Crippen molar-refractivity contribution >= 4 is 5.78 Å². The number of hydrogen-bond donors (Lipinski definition) is 1. The van der Waals surface area contributed by atoms with Crippen molar-refractivity contribution in [2.45, 2.75) is 51.9 Å². The first-order valence-corrected chi connectivity index (χ1v) is 8.36. The second-order valence-electron chi connectivity index (χ2n) is 7.78. The lowest BCUT2D eigenvalue weighted by molar-refractivity contribution is -0.130. The first kappa shape index (κ1) is 13.4. The number of Topliss-reactive ketones (excluding diaryl/α,β-unsaturated/α-hetero) is 1. The number of carbonyl (C=O) groups is 1. The Morgan fingerprint density at radius 2 is 2.05 bits per heavy atom. The average molecular weight is 284 g/mol. The van der Waals surface area contributed by atoms with E-state index in [9.17, 15) is 9.90 Å². The van der Waals surface area contributed by atoms with Gasteiger partial charge in [0.2, 0.25) is 0 Å². The molecule has 3 aliphatic carbocycles. The normalized spacial score (nSPS) is 41.3. The van der Waals surface area contributed by atoms with E-state index in [-0.39, 0.29) is 5.41 Å². The molecule has 2 fully saturated rings. The highest BCUT2D eigenvalue weighted by atomic mass is 16.3. The molecule has 0 aliphatic heterocycles. The van der Waals surface area contributed by atoms with Gasteiger partial charge in [-0.2, -0.15) is 0 Å². The number of aryl methyl sites for hydroxylation is 1. The number of rotatable bonds is 0. The summed E-state index contributed by atoms with van der Waals surface area (Å²) in [6.45, 7) is 4.55. The van der Waals surface area contributed by atoms with Crippen LogP contribution in [0.3, 0.4) is 0 Å². The number of hydrogen-bond acceptors (Lipinski definition) is 2. The summed E-state index contributed by atoms with van der Waals surface area (Å²) in [6.07, 6.45) is 5.16. The van der Waals surface area contributed by atoms with Crippen molar-refractivity contribution in [3.8, 4) is 5.75 Å². The molecule has 0 spiro atoms. The Morgan fingerprint density at radius 1 is 1.24 bits per heavy atom. The van der Waals surface area contributed by atoms with E-state index in [4.69, 9.17) is 0 Å². The molecule has 1 aromatic carbocycles. The van der Waals surface area contributed by atoms with E-state index in [2.05, 4.69) is 19.9 Å². The van der Waals surface area contributed by atoms with Gasteiger partial charge in [-0.1, -0.05) is 19.9 Å². The lowest BCUT2D eigenvalue weighted by atomic mass is 9.52. The quantitative estimate of drug-likeness (QED) is 0.780. The molecule has 3 aliphatic rings. The molecule has 112 valence electrons. The number of aromatic hydroxyl groups is 1. The molecule has 0 radical (unpaired) electrons. The molecule has 2 heteroatoms. The maximum Gasteiger partial charge on any atom is 0.139 e. The molecule has 1 N–H and O–H groups in total. The number of phenols is 1. The van der Waals surface area contributed by atoms with E-state index in [1.54, 1.807) is 0 Å². The summed E-state index contributed by atoms with van der Waals surface area (Å²) < 4.78 is 0. The highest BCUT2D eigenvalue weighted by molar-refractivity contribution is 5.87. The predicted molar refractivity (Wildman–Crippen MR) is 82.3 cm³/mol. The minimum atomic E-state index is -0.0605. The highest BCUT2D eigenvalue weighted by Gasteiger charge is 2.56. The molecule has 0 aromatic heterocycles. The van der Waals surface area contributed by atoms with E-state index < -0.39 is 0 Å². The smallest absolute Gasteiger partial charge is 0.139 e. The Labute approximate surface area is 126 Å². The van der Waals surface area contributed by atoms with Gasteiger partial charge in [-0.05, 0) is 72.6 Å². The van der Waals surface area contributed by atoms with E-state index in [1.165, 1.54) is 17.5 Å². The van der Waals surface area contributed by atoms with Gasteiger partial charge in [-0.15, -0.1) is 0 Å². The van der Waals surface area contributed by atoms with Crippen LogP contribution in [0.4, 0.5) is 0 Å². The zero-order chi connectivity index (χ0) is 14.8. The molecular weight excluding hydrogens is 260 g/mol. The average Bonchev–Trinajstić information content (AvgIpc) is 2.74. The summed E-state index contributed by atoms with van der Waals surface area (Å²) in [6, 6.07) is 5.92. The zero-order valence-corrected chi connectivity index (χ0v) is 12.9. The van der Waals surface area contributed by atoms with Crippen LogP contribution in [0.15, 0.2) is 18.2 Å². The topological polar surface area (TPSA) is 37.3 Å². The molecule has 3 unspecified atom stereocenters. The first-order valence-electron chi connectivity index (χ1n) is 8.36. The molecule has 0 amide bonds. The Balaban J connectivity index is 1.78. The van der Waals surface area contributed by atoms with Crippen molar-refractivity contribution in [2.24, 2.45) is 23.2 Å². The summed E-state index contributed by atoms with van der Waals surface area (Å²) in [7, 11) is 0. The summed E-state index contributed by atoms with van der Waals surface area (Å²) in [5.74, 6) is 3.27. The first-order chi connectivity index (χ1) is 10.0. The fourth-order valence-electron chi connectivity index (χ4n) is 5.89. The van der Waals surface area contributed by atoms with Gasteiger partial charge in [-0.25, -0.2) is 0 Å². The summed E-state index contributed by atoms with van der Waals surface area (Å²) in [4.78, 5) is 12.4. The van der Waals surface area contributed by atoms with Crippen molar-refractivity contribution in [3.63, 3.8) is 0 Å². The third-order valence-corrected chi connectivity index (χ3v) is 6.71. The Hall–Kier alpha value is -1.31. The van der Waals surface area contributed by atoms with Crippen LogP contribution in [-0.4, -0.2) is 10.9 Å². The maximum atomic E-state index is 12.4. The molecule has 2 saturated carbocycles. The van der Waals surface area contributed by atoms with Crippen LogP contribution in [0.25, 0.3) is 0 Å². The fraction of sp³-hybridized carbons (Fsp3) is 0.632. The van der Waals surface area contributed by atoms with Crippen LogP contribution in [0.1, 0.15) is 56.6 Å². The second-order valence-corrected chi connectivity index (χ2v) is 7.78. The van der Waals surface area contributed by atoms with Crippen molar-refractivity contribution < 1.29 is 9.90 Å². The summed E-state index contributed by atoms with van der Waals surface area (Å²) in [5.41, 5.74) is 2.71. The molecule has 1 aromatic rings. The highest BCUT2D eigenvalue weighted by Crippen LogP contribution is 2.61. The monoisotopic (exact) mass is 284 g/mol. The number of carbonyl (C=O) groups excluding carboxylic acids is 1. The van der Waals surface area contributed by atoms with E-state index in [0.29, 0.717) is 35.2 Å². The van der Waals surface area contributed by atoms with Gasteiger partial charge in [0.1, 0.15) is 11.5 Å². The van der Waals surface area contributed by atoms with Crippen LogP contribution in [-0.2, 0) is 11.2 Å². The fourth-order valence-corrected chi connectivity index (χ4v) is 5.89. The van der Waals surface area contributed by atoms with E-state index in [0.717, 1.165) is 25.7 Å². The van der Waals surface area contributed by atoms with Gasteiger partial charge in [0.05, 0.1) is 0 Å². The Bertz CT molecular complexity index is 606. The molecular formula is C19H24O2. The van der Waals surface area contributed by atoms with Crippen LogP contribution >= 0.6 is 0 Å². The molecule has 0 saturated heterocycles. The third-order valence-electron chi connectivity index (χ3n) is 6.71. The Kier molecular flexibility index (Phi) is 2.76. The van der Waals surface area contributed by atoms with Crippen LogP contribution in [0.2, 0.25) is 0 Å². The van der Waals surface area contributed by atoms with Gasteiger partial charge in [-0.3, -0.25) is 4.79 Å². The van der Waals surface area contributed by atoms with Gasteiger partial charge in [0.25, 0.3) is 0 Å². The molecule has 4 rings (SSSR count). The molecule has 21 heavy (non-hydrogen) atoms. The van der Waals surface area contributed by atoms with Crippen molar-refractivity contribution in [1.29, 1.82) is 0 Å². The lowest BCUT2D eigenvalue weighted by Crippen LogP contribution is -2.46. The number of phenolic OH excluding ortho intramolecular Hbond substituents is 1. The van der Waals surface area contributed by atoms with Crippen LogP contribution in [0.5, 0.6) is 5.75 Å². The molecule has 2 nitrogen and oxygen atoms in total. The lowest BCUT2D eigenvalue weighted by Gasteiger charge is -2.51. The predicted octanol–water partition coefficient (Wildman–Crippen LogP) is 4.06.